The second kappa shape index (κ2) is 43.8. The van der Waals surface area contributed by atoms with Gasteiger partial charge in [-0.2, -0.15) is 11.8 Å². The fraction of sp³-hybridized carbons (Fsp3) is 0.646. The molecule has 1 unspecified atom stereocenters. The van der Waals surface area contributed by atoms with E-state index in [9.17, 15) is 43.2 Å². The van der Waals surface area contributed by atoms with E-state index in [0.717, 1.165) is 29.5 Å². The molecule has 504 valence electrons. The molecule has 4 rings (SSSR count). The SMILES string of the molecule is C=C1N[C@H]2CSC(CC)[C@H]2N1.CCCCC(=O)NCCCC[C@H](NC(=O)CN(CCCCN)C(=O)CN(C(=O)CN(CCCCN)C(=O)CN(CCCCN)C(=O)CN(C(=O)CN(CCCCN)C(C)=O)[C@@H](C)c1ccccc1)[C@@H](C)c1ccccc1)C(N)=O. The molecule has 6 atom stereocenters. The van der Waals surface area contributed by atoms with Crippen LogP contribution in [0.5, 0.6) is 0 Å². The van der Waals surface area contributed by atoms with Crippen LogP contribution in [0.1, 0.15) is 154 Å². The molecule has 0 spiro atoms. The lowest BCUT2D eigenvalue weighted by atomic mass is 10.1. The van der Waals surface area contributed by atoms with Crippen LogP contribution in [0.15, 0.2) is 73.1 Å². The Labute approximate surface area is 539 Å². The third-order valence-electron chi connectivity index (χ3n) is 16.2. The van der Waals surface area contributed by atoms with E-state index in [1.54, 1.807) is 26.0 Å². The Morgan fingerprint density at radius 1 is 0.567 bits per heavy atom. The topological polar surface area (TPSA) is 351 Å². The quantitative estimate of drug-likeness (QED) is 0.0431. The number of hydrogen-bond donors (Lipinski definition) is 9. The van der Waals surface area contributed by atoms with Crippen LogP contribution in [0.25, 0.3) is 0 Å². The Bertz CT molecular complexity index is 2520. The fourth-order valence-corrected chi connectivity index (χ4v) is 12.1. The molecule has 0 bridgehead atoms. The second-order valence-electron chi connectivity index (χ2n) is 23.2. The van der Waals surface area contributed by atoms with Gasteiger partial charge >= 0.3 is 0 Å². The number of nitrogens with zero attached hydrogens (tertiary/aromatic N) is 6. The van der Waals surface area contributed by atoms with Crippen molar-refractivity contribution in [3.63, 3.8) is 0 Å². The van der Waals surface area contributed by atoms with E-state index in [1.165, 1.54) is 48.5 Å². The largest absolute Gasteiger partial charge is 0.368 e. The number of carbonyl (C=O) groups is 9. The molecule has 25 heteroatoms. The summed E-state index contributed by atoms with van der Waals surface area (Å²) in [5.74, 6) is -2.17. The third-order valence-corrected chi connectivity index (χ3v) is 17.8. The van der Waals surface area contributed by atoms with Gasteiger partial charge in [0, 0.05) is 57.1 Å². The summed E-state index contributed by atoms with van der Waals surface area (Å²) in [5.41, 5.74) is 30.4. The lowest BCUT2D eigenvalue weighted by molar-refractivity contribution is -0.149. The summed E-state index contributed by atoms with van der Waals surface area (Å²) in [7, 11) is 0. The first kappa shape index (κ1) is 77.4. The van der Waals surface area contributed by atoms with Gasteiger partial charge in [0.2, 0.25) is 53.2 Å². The van der Waals surface area contributed by atoms with E-state index in [4.69, 9.17) is 28.7 Å². The molecule has 24 nitrogen and oxygen atoms in total. The van der Waals surface area contributed by atoms with Crippen molar-refractivity contribution in [2.45, 2.75) is 166 Å². The van der Waals surface area contributed by atoms with Gasteiger partial charge in [-0.1, -0.05) is 87.5 Å². The maximum atomic E-state index is 14.9. The summed E-state index contributed by atoms with van der Waals surface area (Å²) in [6.07, 6.45) is 8.77. The minimum atomic E-state index is -1.03. The van der Waals surface area contributed by atoms with E-state index in [2.05, 4.69) is 46.5 Å². The van der Waals surface area contributed by atoms with E-state index < -0.39 is 92.2 Å². The van der Waals surface area contributed by atoms with Gasteiger partial charge < -0.3 is 79.3 Å². The van der Waals surface area contributed by atoms with Crippen LogP contribution in [0, 0.1) is 0 Å². The molecule has 14 N–H and O–H groups in total. The van der Waals surface area contributed by atoms with Crippen molar-refractivity contribution in [1.82, 2.24) is 50.7 Å². The summed E-state index contributed by atoms with van der Waals surface area (Å²) < 4.78 is 0. The molecule has 0 saturated carbocycles. The summed E-state index contributed by atoms with van der Waals surface area (Å²) in [6, 6.07) is 17.2. The highest BCUT2D eigenvalue weighted by molar-refractivity contribution is 8.00. The highest BCUT2D eigenvalue weighted by Gasteiger charge is 2.40. The Kier molecular flexibility index (Phi) is 37.7. The lowest BCUT2D eigenvalue weighted by Crippen LogP contribution is -2.53. The number of nitrogens with two attached hydrogens (primary N) is 5. The monoisotopic (exact) mass is 1280 g/mol. The molecule has 2 aliphatic heterocycles. The number of nitrogens with one attached hydrogen (secondary N) is 4. The minimum Gasteiger partial charge on any atom is -0.368 e. The normalized spacial score (nSPS) is 15.7. The number of unbranched alkanes of at least 4 members (excludes halogenated alkanes) is 6. The van der Waals surface area contributed by atoms with Crippen molar-refractivity contribution in [3.05, 3.63) is 84.2 Å². The Morgan fingerprint density at radius 2 is 1.01 bits per heavy atom. The summed E-state index contributed by atoms with van der Waals surface area (Å²) in [5, 5.41) is 13.1. The third kappa shape index (κ3) is 28.2. The van der Waals surface area contributed by atoms with Crippen LogP contribution in [-0.2, 0) is 43.2 Å². The van der Waals surface area contributed by atoms with Gasteiger partial charge in [-0.15, -0.1) is 0 Å². The van der Waals surface area contributed by atoms with Crippen LogP contribution < -0.4 is 49.9 Å². The zero-order valence-corrected chi connectivity index (χ0v) is 55.3. The zero-order valence-electron chi connectivity index (χ0n) is 54.5. The average molecular weight is 1280 g/mol. The van der Waals surface area contributed by atoms with Crippen LogP contribution in [0.4, 0.5) is 0 Å². The van der Waals surface area contributed by atoms with Gasteiger partial charge in [0.05, 0.1) is 56.2 Å². The van der Waals surface area contributed by atoms with Crippen molar-refractivity contribution in [2.75, 3.05) is 104 Å². The average Bonchev–Trinajstić information content (AvgIpc) is 2.29. The van der Waals surface area contributed by atoms with Gasteiger partial charge in [-0.3, -0.25) is 43.2 Å². The Balaban J connectivity index is 0.00000171. The molecule has 9 amide bonds. The van der Waals surface area contributed by atoms with Gasteiger partial charge in [0.1, 0.15) is 19.1 Å². The molecule has 2 aromatic rings. The molecule has 2 aliphatic rings. The Morgan fingerprint density at radius 3 is 1.46 bits per heavy atom. The molecule has 0 aromatic heterocycles. The summed E-state index contributed by atoms with van der Waals surface area (Å²) >= 11 is 2.07. The van der Waals surface area contributed by atoms with Crippen molar-refractivity contribution < 1.29 is 43.2 Å². The fourth-order valence-electron chi connectivity index (χ4n) is 10.7. The summed E-state index contributed by atoms with van der Waals surface area (Å²) in [6.45, 7) is 13.0. The number of hydrogen-bond acceptors (Lipinski definition) is 16. The van der Waals surface area contributed by atoms with Gasteiger partial charge in [-0.25, -0.2) is 0 Å². The highest BCUT2D eigenvalue weighted by atomic mass is 32.2. The molecule has 90 heavy (non-hydrogen) atoms. The molecule has 2 fully saturated rings. The van der Waals surface area contributed by atoms with Crippen LogP contribution >= 0.6 is 11.8 Å². The molecule has 2 heterocycles. The second-order valence-corrected chi connectivity index (χ2v) is 24.5. The molecular formula is C65H109N15O9S. The van der Waals surface area contributed by atoms with Gasteiger partial charge in [0.15, 0.2) is 0 Å². The highest BCUT2D eigenvalue weighted by Crippen LogP contribution is 2.33. The maximum Gasteiger partial charge on any atom is 0.243 e. The zero-order chi connectivity index (χ0) is 66.4. The number of carbonyl (C=O) groups excluding carboxylic acids is 9. The van der Waals surface area contributed by atoms with E-state index in [1.807, 2.05) is 55.5 Å². The molecule has 0 aliphatic carbocycles. The molecule has 2 aromatic carbocycles. The first-order chi connectivity index (χ1) is 43.2. The van der Waals surface area contributed by atoms with Crippen molar-refractivity contribution in [2.24, 2.45) is 28.7 Å². The smallest absolute Gasteiger partial charge is 0.243 e. The number of amides is 9. The first-order valence-electron chi connectivity index (χ1n) is 32.5. The Hall–Kier alpha value is -6.80. The molecule has 0 radical (unpaired) electrons. The summed E-state index contributed by atoms with van der Waals surface area (Å²) in [4.78, 5) is 132. The molecular weight excluding hydrogens is 1170 g/mol. The van der Waals surface area contributed by atoms with E-state index in [0.29, 0.717) is 128 Å². The number of benzene rings is 2. The van der Waals surface area contributed by atoms with Crippen LogP contribution in [0.3, 0.4) is 0 Å². The number of primary amides is 1. The van der Waals surface area contributed by atoms with Crippen molar-refractivity contribution in [3.8, 4) is 0 Å². The predicted molar refractivity (Wildman–Crippen MR) is 355 cm³/mol. The van der Waals surface area contributed by atoms with Crippen LogP contribution in [0.2, 0.25) is 0 Å². The number of thioether (sulfide) groups is 1. The number of fused-ring (bicyclic) bond motifs is 1. The van der Waals surface area contributed by atoms with Crippen molar-refractivity contribution in [1.29, 1.82) is 0 Å². The number of rotatable bonds is 43. The standard InChI is InChI=1S/C57H95N13O9.C8H14N2S/c1-5-6-28-50(72)63-33-18-13-27-49(57(62)79)64-51(73)38-66(35-20-15-30-59)53(75)42-70(45(3)48-25-11-8-12-26-48)56(78)41-68(37-22-17-32-61)52(74)39-67(36-21-16-31-60)54(76)43-69(44(2)47-23-9-7-10-24-47)55(77)40-65(46(4)71)34-19-14-29-58;1-3-7-8-6(4-11-7)9-5(2)10-8/h7-12,23-26,44-45,49H,5-6,13-22,27-43,58-61H2,1-4H3,(H2,62,79)(H,63,72)(H,64,73);6-10H,2-4H2,1H3/t44-,45-,49-;6-,7?,8-/m00/s1. The van der Waals surface area contributed by atoms with E-state index in [-0.39, 0.29) is 44.4 Å². The van der Waals surface area contributed by atoms with Crippen molar-refractivity contribution >= 4 is 64.9 Å². The van der Waals surface area contributed by atoms with Crippen LogP contribution in [-0.4, -0.2) is 210 Å². The maximum absolute atomic E-state index is 14.9. The molecule has 2 saturated heterocycles. The van der Waals surface area contributed by atoms with E-state index >= 15 is 0 Å². The predicted octanol–water partition coefficient (Wildman–Crippen LogP) is 2.82. The lowest BCUT2D eigenvalue weighted by Gasteiger charge is -2.35. The first-order valence-corrected chi connectivity index (χ1v) is 33.5. The minimum absolute atomic E-state index is 0.0487. The van der Waals surface area contributed by atoms with Gasteiger partial charge in [0.25, 0.3) is 0 Å². The van der Waals surface area contributed by atoms with Gasteiger partial charge in [-0.05, 0) is 135 Å².